The van der Waals surface area contributed by atoms with Gasteiger partial charge in [-0.05, 0) is 71.6 Å². The molecule has 38 heavy (non-hydrogen) atoms. The topological polar surface area (TPSA) is 96.9 Å². The normalized spacial score (nSPS) is 10.6. The number of aromatic nitrogens is 2. The van der Waals surface area contributed by atoms with Gasteiger partial charge in [-0.15, -0.1) is 0 Å². The molecular weight excluding hydrogens is 476 g/mol. The first-order valence-corrected chi connectivity index (χ1v) is 11.9. The van der Waals surface area contributed by atoms with Gasteiger partial charge in [-0.3, -0.25) is 9.13 Å². The molecule has 0 amide bonds. The minimum absolute atomic E-state index is 0.00782. The van der Waals surface area contributed by atoms with Crippen LogP contribution in [0.5, 0.6) is 0 Å². The van der Waals surface area contributed by atoms with E-state index < -0.39 is 5.97 Å². The summed E-state index contributed by atoms with van der Waals surface area (Å²) in [6.07, 6.45) is 0. The van der Waals surface area contributed by atoms with Gasteiger partial charge in [0.1, 0.15) is 11.4 Å². The van der Waals surface area contributed by atoms with Gasteiger partial charge < -0.3 is 25.9 Å². The second-order valence-electron chi connectivity index (χ2n) is 9.84. The lowest BCUT2D eigenvalue weighted by Gasteiger charge is -2.22. The number of carbonyl (C=O) groups is 1. The zero-order chi connectivity index (χ0) is 28.2. The Hall–Kier alpha value is -4.95. The van der Waals surface area contributed by atoms with Gasteiger partial charge in [-0.1, -0.05) is 33.9 Å². The monoisotopic (exact) mass is 508 g/mol. The third-order valence-corrected chi connectivity index (χ3v) is 6.33. The van der Waals surface area contributed by atoms with Crippen molar-refractivity contribution < 1.29 is 9.53 Å². The van der Waals surface area contributed by atoms with Crippen LogP contribution in [0.1, 0.15) is 36.7 Å². The van der Waals surface area contributed by atoms with E-state index in [-0.39, 0.29) is 5.41 Å². The molecule has 0 atom stereocenters. The SMILES string of the molecule is [C-]#[N+]c1ccc(-c2ccc(N)c(C(=O)OC)c2)n1C.[C-]#[N+]c1ccc(-c2ccc(N)c(C(C)(C)C)c2)n1C. The van der Waals surface area contributed by atoms with Gasteiger partial charge in [0, 0.05) is 22.5 Å². The third kappa shape index (κ3) is 5.55. The Morgan fingerprint density at radius 3 is 1.68 bits per heavy atom. The van der Waals surface area contributed by atoms with Gasteiger partial charge in [-0.2, -0.15) is 0 Å². The Morgan fingerprint density at radius 1 is 0.789 bits per heavy atom. The highest BCUT2D eigenvalue weighted by Crippen LogP contribution is 2.33. The highest BCUT2D eigenvalue weighted by Gasteiger charge is 2.19. The smallest absolute Gasteiger partial charge is 0.339 e. The van der Waals surface area contributed by atoms with Crippen LogP contribution in [0.3, 0.4) is 0 Å². The van der Waals surface area contributed by atoms with Crippen molar-refractivity contribution in [1.82, 2.24) is 9.13 Å². The summed E-state index contributed by atoms with van der Waals surface area (Å²) in [4.78, 5) is 18.5. The maximum atomic E-state index is 11.6. The molecule has 0 radical (unpaired) electrons. The molecule has 8 nitrogen and oxygen atoms in total. The van der Waals surface area contributed by atoms with E-state index in [4.69, 9.17) is 29.3 Å². The maximum absolute atomic E-state index is 11.6. The van der Waals surface area contributed by atoms with Gasteiger partial charge in [0.2, 0.25) is 11.6 Å². The highest BCUT2D eigenvalue weighted by molar-refractivity contribution is 5.96. The number of hydrogen-bond acceptors (Lipinski definition) is 4. The molecule has 0 aliphatic heterocycles. The second kappa shape index (κ2) is 11.0. The fourth-order valence-corrected chi connectivity index (χ4v) is 4.17. The summed E-state index contributed by atoms with van der Waals surface area (Å²) in [6, 6.07) is 18.6. The number of anilines is 2. The summed E-state index contributed by atoms with van der Waals surface area (Å²) in [5.74, 6) is 0.703. The molecule has 2 heterocycles. The van der Waals surface area contributed by atoms with E-state index in [1.165, 1.54) is 7.11 Å². The number of benzene rings is 2. The van der Waals surface area contributed by atoms with Gasteiger partial charge in [0.05, 0.1) is 26.8 Å². The van der Waals surface area contributed by atoms with Crippen LogP contribution in [0.25, 0.3) is 32.2 Å². The van der Waals surface area contributed by atoms with E-state index in [0.717, 1.165) is 33.8 Å². The van der Waals surface area contributed by atoms with Crippen molar-refractivity contribution in [3.8, 4) is 22.5 Å². The standard InChI is InChI=1S/C16H19N3.C14H13N3O2/c1-16(2,3)12-10-11(6-7-13(12)17)14-8-9-15(18-4)19(14)5;1-16-13-7-6-12(17(13)2)9-4-5-11(15)10(8-9)14(18)19-3/h6-10H,17H2,1-3,5H3;4-8H,15H2,2-3H3. The van der Waals surface area contributed by atoms with E-state index in [1.807, 2.05) is 48.0 Å². The Labute approximate surface area is 223 Å². The first kappa shape index (κ1) is 27.6. The molecule has 0 aliphatic rings. The largest absolute Gasteiger partial charge is 0.465 e. The van der Waals surface area contributed by atoms with Crippen molar-refractivity contribution in [3.63, 3.8) is 0 Å². The first-order valence-electron chi connectivity index (χ1n) is 11.9. The highest BCUT2D eigenvalue weighted by atomic mass is 16.5. The second-order valence-corrected chi connectivity index (χ2v) is 9.84. The Kier molecular flexibility index (Phi) is 7.98. The molecule has 0 unspecified atom stereocenters. The van der Waals surface area contributed by atoms with Crippen LogP contribution in [0.15, 0.2) is 60.7 Å². The first-order chi connectivity index (χ1) is 17.9. The molecule has 2 aromatic carbocycles. The lowest BCUT2D eigenvalue weighted by Crippen LogP contribution is -2.14. The number of methoxy groups -OCH3 is 1. The van der Waals surface area contributed by atoms with Crippen LogP contribution < -0.4 is 11.5 Å². The fraction of sp³-hybridized carbons (Fsp3) is 0.233. The van der Waals surface area contributed by atoms with Crippen molar-refractivity contribution in [2.24, 2.45) is 14.1 Å². The van der Waals surface area contributed by atoms with Crippen molar-refractivity contribution in [2.45, 2.75) is 26.2 Å². The number of rotatable bonds is 3. The van der Waals surface area contributed by atoms with E-state index >= 15 is 0 Å². The number of hydrogen-bond donors (Lipinski definition) is 2. The van der Waals surface area contributed by atoms with Crippen molar-refractivity contribution in [2.75, 3.05) is 18.6 Å². The van der Waals surface area contributed by atoms with Gasteiger partial charge in [0.15, 0.2) is 0 Å². The Bertz CT molecular complexity index is 1570. The van der Waals surface area contributed by atoms with E-state index in [0.29, 0.717) is 22.9 Å². The van der Waals surface area contributed by atoms with Gasteiger partial charge in [-0.25, -0.2) is 4.79 Å². The Balaban J connectivity index is 0.000000211. The molecule has 0 saturated carbocycles. The molecule has 4 aromatic rings. The van der Waals surface area contributed by atoms with Crippen molar-refractivity contribution >= 4 is 29.0 Å². The molecule has 0 fully saturated rings. The van der Waals surface area contributed by atoms with Crippen LogP contribution >= 0.6 is 0 Å². The molecule has 0 saturated heterocycles. The predicted molar refractivity (Wildman–Crippen MR) is 153 cm³/mol. The molecule has 194 valence electrons. The zero-order valence-electron chi connectivity index (χ0n) is 22.5. The summed E-state index contributed by atoms with van der Waals surface area (Å²) in [5, 5.41) is 0. The number of nitrogen functional groups attached to an aromatic ring is 2. The summed E-state index contributed by atoms with van der Waals surface area (Å²) >= 11 is 0. The van der Waals surface area contributed by atoms with Crippen LogP contribution in [0.4, 0.5) is 23.0 Å². The van der Waals surface area contributed by atoms with Crippen molar-refractivity contribution in [3.05, 3.63) is 94.6 Å². The minimum atomic E-state index is -0.473. The quantitative estimate of drug-likeness (QED) is 0.182. The molecule has 4 rings (SSSR count). The zero-order valence-corrected chi connectivity index (χ0v) is 22.5. The third-order valence-electron chi connectivity index (χ3n) is 6.33. The molecule has 8 heteroatoms. The summed E-state index contributed by atoms with van der Waals surface area (Å²) < 4.78 is 8.36. The van der Waals surface area contributed by atoms with Crippen molar-refractivity contribution in [1.29, 1.82) is 0 Å². The number of nitrogens with two attached hydrogens (primary N) is 2. The average Bonchev–Trinajstić information content (AvgIpc) is 3.45. The maximum Gasteiger partial charge on any atom is 0.339 e. The number of esters is 1. The average molecular weight is 509 g/mol. The van der Waals surface area contributed by atoms with Crippen LogP contribution in [-0.2, 0) is 24.2 Å². The van der Waals surface area contributed by atoms with E-state index in [1.54, 1.807) is 29.8 Å². The molecule has 0 spiro atoms. The van der Waals surface area contributed by atoms with Crippen LogP contribution in [0.2, 0.25) is 0 Å². The molecule has 2 aromatic heterocycles. The molecule has 0 aliphatic carbocycles. The lowest BCUT2D eigenvalue weighted by atomic mass is 9.84. The fourth-order valence-electron chi connectivity index (χ4n) is 4.17. The summed E-state index contributed by atoms with van der Waals surface area (Å²) in [5.41, 5.74) is 18.3. The van der Waals surface area contributed by atoms with E-state index in [2.05, 4.69) is 36.5 Å². The minimum Gasteiger partial charge on any atom is -0.465 e. The molecule has 0 bridgehead atoms. The lowest BCUT2D eigenvalue weighted by molar-refractivity contribution is 0.0602. The molecular formula is C30H32N6O2. The van der Waals surface area contributed by atoms with Gasteiger partial charge in [0.25, 0.3) is 0 Å². The van der Waals surface area contributed by atoms with Gasteiger partial charge >= 0.3 is 5.97 Å². The summed E-state index contributed by atoms with van der Waals surface area (Å²) in [7, 11) is 5.03. The van der Waals surface area contributed by atoms with E-state index in [9.17, 15) is 4.79 Å². The number of carbonyl (C=O) groups excluding carboxylic acids is 1. The molecule has 4 N–H and O–H groups in total. The Morgan fingerprint density at radius 2 is 1.26 bits per heavy atom. The number of ether oxygens (including phenoxy) is 1. The predicted octanol–water partition coefficient (Wildman–Crippen LogP) is 6.73. The summed E-state index contributed by atoms with van der Waals surface area (Å²) in [6.45, 7) is 20.6. The number of nitrogens with zero attached hydrogens (tertiary/aromatic N) is 4. The van der Waals surface area contributed by atoms with Crippen LogP contribution in [0, 0.1) is 13.1 Å². The van der Waals surface area contributed by atoms with Crippen LogP contribution in [-0.4, -0.2) is 22.2 Å².